The molecule has 0 saturated heterocycles. The molecule has 5 aliphatic carbocycles. The van der Waals surface area contributed by atoms with Crippen LogP contribution in [0.2, 0.25) is 0 Å². The molecule has 0 aliphatic heterocycles. The molecule has 3 heterocycles. The lowest BCUT2D eigenvalue weighted by atomic mass is 9.75. The number of nitrogens with zero attached hydrogens (tertiary/aromatic N) is 5. The number of para-hydroxylation sites is 3. The zero-order valence-electron chi connectivity index (χ0n) is 72.5. The summed E-state index contributed by atoms with van der Waals surface area (Å²) in [5.74, 6) is 0.0551. The molecule has 0 bridgehead atoms. The van der Waals surface area contributed by atoms with Gasteiger partial charge < -0.3 is 13.7 Å². The Hall–Kier alpha value is -14.9. The van der Waals surface area contributed by atoms with Gasteiger partial charge in [0.1, 0.15) is 0 Å². The Balaban J connectivity index is 0.000000156. The third-order valence-corrected chi connectivity index (χ3v) is 30.0. The Morgan fingerprint density at radius 2 is 0.421 bits per heavy atom. The van der Waals surface area contributed by atoms with Crippen LogP contribution in [0, 0.1) is 22.7 Å². The lowest BCUT2D eigenvalue weighted by Crippen LogP contribution is -2.18. The third-order valence-electron chi connectivity index (χ3n) is 30.0. The van der Waals surface area contributed by atoms with Crippen molar-refractivity contribution in [2.45, 2.75) is 108 Å². The molecule has 0 fully saturated rings. The van der Waals surface area contributed by atoms with Crippen molar-refractivity contribution in [3.63, 3.8) is 0 Å². The van der Waals surface area contributed by atoms with Crippen molar-refractivity contribution in [2.24, 2.45) is 0 Å². The summed E-state index contributed by atoms with van der Waals surface area (Å²) in [6, 6.07) is 138. The molecule has 0 amide bonds. The number of benzene rings is 17. The van der Waals surface area contributed by atoms with Crippen LogP contribution in [0.4, 0.5) is 0 Å². The van der Waals surface area contributed by atoms with Gasteiger partial charge in [0.15, 0.2) is 0 Å². The molecule has 5 aliphatic rings. The molecule has 0 radical (unpaired) electrons. The summed E-state index contributed by atoms with van der Waals surface area (Å²) in [7, 11) is 0. The summed E-state index contributed by atoms with van der Waals surface area (Å²) >= 11 is 0. The highest BCUT2D eigenvalue weighted by atomic mass is 15.0. The Labute approximate surface area is 735 Å². The van der Waals surface area contributed by atoms with Gasteiger partial charge in [-0.1, -0.05) is 330 Å². The maximum atomic E-state index is 9.67. The first-order valence-electron chi connectivity index (χ1n) is 44.4. The Kier molecular flexibility index (Phi) is 16.1. The maximum Gasteiger partial charge on any atom is 0.0991 e. The molecule has 3 aromatic heterocycles. The molecular weight excluding hydrogens is 1520 g/mol. The zero-order valence-corrected chi connectivity index (χ0v) is 72.5. The number of aromatic nitrogens is 3. The Morgan fingerprint density at radius 3 is 0.722 bits per heavy atom. The molecule has 0 N–H and O–H groups in total. The van der Waals surface area contributed by atoms with Gasteiger partial charge in [0, 0.05) is 88.3 Å². The van der Waals surface area contributed by atoms with Crippen LogP contribution in [-0.2, 0) is 27.1 Å². The van der Waals surface area contributed by atoms with E-state index in [1.54, 1.807) is 0 Å². The van der Waals surface area contributed by atoms with E-state index in [1.165, 1.54) is 145 Å². The Morgan fingerprint density at radius 1 is 0.190 bits per heavy atom. The third kappa shape index (κ3) is 10.7. The van der Waals surface area contributed by atoms with Crippen molar-refractivity contribution in [2.75, 3.05) is 0 Å². The predicted molar refractivity (Wildman–Crippen MR) is 521 cm³/mol. The molecule has 0 spiro atoms. The molecule has 20 aromatic rings. The lowest BCUT2D eigenvalue weighted by molar-refractivity contribution is 0.654. The van der Waals surface area contributed by atoms with Gasteiger partial charge in [-0.15, -0.1) is 0 Å². The van der Waals surface area contributed by atoms with Crippen LogP contribution in [0.25, 0.3) is 138 Å². The van der Waals surface area contributed by atoms with E-state index in [4.69, 9.17) is 0 Å². The largest absolute Gasteiger partial charge is 0.309 e. The van der Waals surface area contributed by atoms with Gasteiger partial charge in [0.05, 0.1) is 56.4 Å². The van der Waals surface area contributed by atoms with Crippen LogP contribution in [0.5, 0.6) is 0 Å². The van der Waals surface area contributed by atoms with Gasteiger partial charge in [0.25, 0.3) is 0 Å². The molecule has 17 aromatic carbocycles. The van der Waals surface area contributed by atoms with Gasteiger partial charge in [-0.2, -0.15) is 10.5 Å². The number of nitriles is 2. The second-order valence-corrected chi connectivity index (χ2v) is 38.5. The van der Waals surface area contributed by atoms with E-state index in [-0.39, 0.29) is 38.9 Å². The average molecular weight is 1620 g/mol. The van der Waals surface area contributed by atoms with Gasteiger partial charge in [-0.05, 0) is 242 Å². The molecule has 0 unspecified atom stereocenters. The molecule has 25 rings (SSSR count). The van der Waals surface area contributed by atoms with E-state index in [9.17, 15) is 10.5 Å². The zero-order chi connectivity index (χ0) is 85.3. The van der Waals surface area contributed by atoms with Crippen molar-refractivity contribution >= 4 is 65.4 Å². The number of rotatable bonds is 9. The molecule has 0 atom stereocenters. The first-order chi connectivity index (χ1) is 61.2. The van der Waals surface area contributed by atoms with Crippen LogP contribution < -0.4 is 0 Å². The number of hydrogen-bond donors (Lipinski definition) is 0. The van der Waals surface area contributed by atoms with Crippen molar-refractivity contribution in [1.29, 1.82) is 10.5 Å². The number of fused-ring (bicyclic) bond motifs is 24. The highest BCUT2D eigenvalue weighted by molar-refractivity contribution is 6.14. The van der Waals surface area contributed by atoms with E-state index in [0.29, 0.717) is 11.1 Å². The summed E-state index contributed by atoms with van der Waals surface area (Å²) in [5.41, 5.74) is 46.2. The molecule has 5 heteroatoms. The fraction of sp³-hybridized carbons (Fsp3) is 0.140. The van der Waals surface area contributed by atoms with Gasteiger partial charge in [-0.3, -0.25) is 0 Å². The minimum Gasteiger partial charge on any atom is -0.309 e. The second kappa shape index (κ2) is 27.1. The first kappa shape index (κ1) is 74.9. The molecular formula is C121H91N5. The SMILES string of the molecule is CC1(C)c2ccccc2-c2ccc(C(c3ccc4c(c3)C(C)(C)c3ccccc3-4)c3ccc4c(c3)C(C)(C)c3cc(C(c5ccc6c(c5)C(C)(C)c5ccccc5-6)c5ccc6c(c5)C(C)(C)c5ccccc5-6)ccc3-4)cc21.N#Cc1ccc2c(c1)c1ccccc1n2-c1ccc2c(c1)c1cc(-n3c4ccccc4c4cc(C#N)ccc43)ccc1n2-c1ccccc1. The molecule has 0 saturated carbocycles. The summed E-state index contributed by atoms with van der Waals surface area (Å²) in [6.07, 6.45) is 0. The highest BCUT2D eigenvalue weighted by Crippen LogP contribution is 2.58. The first-order valence-corrected chi connectivity index (χ1v) is 44.4. The minimum absolute atomic E-state index is 0.0276. The lowest BCUT2D eigenvalue weighted by Gasteiger charge is -2.28. The fourth-order valence-corrected chi connectivity index (χ4v) is 23.7. The smallest absolute Gasteiger partial charge is 0.0991 e. The molecule has 5 nitrogen and oxygen atoms in total. The van der Waals surface area contributed by atoms with E-state index in [0.717, 1.165) is 82.5 Å². The monoisotopic (exact) mass is 1610 g/mol. The van der Waals surface area contributed by atoms with E-state index < -0.39 is 0 Å². The van der Waals surface area contributed by atoms with Crippen molar-refractivity contribution in [3.8, 4) is 84.8 Å². The standard InChI is InChI=1S/C77H66.C44H25N5/c1-73(2)61-23-15-11-19-51(61)55-33-27-45(39-65(55)73)71(46-28-34-56-52-20-12-16-24-62(52)74(3,4)66(56)40-46)49-31-37-59-60-38-32-50(44-70(60)77(9,10)69(59)43-49)72(47-29-35-57-53-21-13-17-25-63(53)75(5,6)67(57)41-47)48-30-36-58-54-22-14-18-26-64(54)76(7,8)68(58)42-48;45-26-28-14-18-41-35(22-28)33-10-4-6-12-39(33)48(41)31-16-20-43-37(24-31)38-25-32(17-21-44(38)47(43)30-8-2-1-3-9-30)49-40-13-7-5-11-34(40)36-23-29(27-46)15-19-42(36)49/h11-44,71-72H,1-10H3;1-25H. The predicted octanol–water partition coefficient (Wildman–Crippen LogP) is 30.3. The Bertz CT molecular complexity index is 7550. The van der Waals surface area contributed by atoms with Crippen molar-refractivity contribution in [1.82, 2.24) is 13.7 Å². The summed E-state index contributed by atoms with van der Waals surface area (Å²) in [6.45, 7) is 24.2. The summed E-state index contributed by atoms with van der Waals surface area (Å²) in [4.78, 5) is 0. The molecule has 126 heavy (non-hydrogen) atoms. The van der Waals surface area contributed by atoms with E-state index in [2.05, 4.69) is 423 Å². The summed E-state index contributed by atoms with van der Waals surface area (Å²) in [5, 5.41) is 26.0. The van der Waals surface area contributed by atoms with Gasteiger partial charge >= 0.3 is 0 Å². The van der Waals surface area contributed by atoms with E-state index in [1.807, 2.05) is 30.3 Å². The van der Waals surface area contributed by atoms with E-state index >= 15 is 0 Å². The number of hydrogen-bond acceptors (Lipinski definition) is 2. The van der Waals surface area contributed by atoms with Crippen LogP contribution in [0.1, 0.15) is 181 Å². The summed E-state index contributed by atoms with van der Waals surface area (Å²) < 4.78 is 6.95. The van der Waals surface area contributed by atoms with Crippen LogP contribution in [-0.4, -0.2) is 13.7 Å². The quantitative estimate of drug-likeness (QED) is 0.135. The minimum atomic E-state index is -0.252. The van der Waals surface area contributed by atoms with Crippen molar-refractivity contribution in [3.05, 3.63) is 458 Å². The van der Waals surface area contributed by atoms with Crippen LogP contribution >= 0.6 is 0 Å². The highest BCUT2D eigenvalue weighted by Gasteiger charge is 2.43. The van der Waals surface area contributed by atoms with Crippen molar-refractivity contribution < 1.29 is 0 Å². The van der Waals surface area contributed by atoms with Crippen LogP contribution in [0.15, 0.2) is 358 Å². The van der Waals surface area contributed by atoms with Gasteiger partial charge in [0.2, 0.25) is 0 Å². The normalized spacial score (nSPS) is 14.9. The topological polar surface area (TPSA) is 62.4 Å². The average Bonchev–Trinajstić information content (AvgIpc) is 1.56. The molecule has 600 valence electrons. The second-order valence-electron chi connectivity index (χ2n) is 38.5. The van der Waals surface area contributed by atoms with Gasteiger partial charge in [-0.25, -0.2) is 0 Å². The maximum absolute atomic E-state index is 9.67. The fourth-order valence-electron chi connectivity index (χ4n) is 23.7. The van der Waals surface area contributed by atoms with Crippen LogP contribution in [0.3, 0.4) is 0 Å².